The van der Waals surface area contributed by atoms with E-state index in [2.05, 4.69) is 12.2 Å². The summed E-state index contributed by atoms with van der Waals surface area (Å²) in [5.41, 5.74) is 0. The first-order chi connectivity index (χ1) is 10.4. The minimum Gasteiger partial charge on any atom is -0.362 e. The maximum Gasteiger partial charge on any atom is 0.156 e. The molecule has 0 bridgehead atoms. The number of nitrogens with one attached hydrogen (secondary N) is 1. The molecule has 2 rings (SSSR count). The molecule has 0 amide bonds. The number of aliphatic imine (C=N–C) groups is 1. The maximum absolute atomic E-state index is 4.79. The normalized spacial score (nSPS) is 27.4. The Labute approximate surface area is 135 Å². The zero-order valence-corrected chi connectivity index (χ0v) is 14.7. The van der Waals surface area contributed by atoms with Gasteiger partial charge in [-0.25, -0.2) is 0 Å². The van der Waals surface area contributed by atoms with Crippen LogP contribution in [0.25, 0.3) is 0 Å². The Balaban J connectivity index is 1.49. The Hall–Kier alpha value is -0.180. The van der Waals surface area contributed by atoms with Gasteiger partial charge >= 0.3 is 0 Å². The van der Waals surface area contributed by atoms with Crippen molar-refractivity contribution in [2.45, 2.75) is 90.0 Å². The van der Waals surface area contributed by atoms with Crippen LogP contribution in [0.4, 0.5) is 0 Å². The van der Waals surface area contributed by atoms with Gasteiger partial charge in [-0.05, 0) is 25.2 Å². The minimum atomic E-state index is 0.734. The molecule has 21 heavy (non-hydrogen) atoms. The second kappa shape index (κ2) is 10.5. The number of amidine groups is 1. The zero-order chi connectivity index (χ0) is 14.8. The Bertz CT molecular complexity index is 304. The molecule has 0 radical (unpaired) electrons. The van der Waals surface area contributed by atoms with Gasteiger partial charge in [-0.15, -0.1) is 0 Å². The number of nitrogens with zero attached hydrogens (tertiary/aromatic N) is 1. The van der Waals surface area contributed by atoms with Crippen LogP contribution in [0.1, 0.15) is 84.0 Å². The van der Waals surface area contributed by atoms with Gasteiger partial charge < -0.3 is 5.32 Å². The molecule has 1 saturated carbocycles. The van der Waals surface area contributed by atoms with Crippen molar-refractivity contribution >= 4 is 16.9 Å². The molecule has 1 aliphatic carbocycles. The van der Waals surface area contributed by atoms with Gasteiger partial charge in [-0.1, -0.05) is 76.5 Å². The SMILES string of the molecule is CCCCCCCCCCN=C1NC2CCCCC2CS1. The number of thioether (sulfide) groups is 1. The third-order valence-electron chi connectivity index (χ3n) is 4.92. The molecular weight excluding hydrogens is 276 g/mol. The van der Waals surface area contributed by atoms with Gasteiger partial charge in [0.15, 0.2) is 5.17 Å². The highest BCUT2D eigenvalue weighted by Crippen LogP contribution is 2.31. The summed E-state index contributed by atoms with van der Waals surface area (Å²) in [6.45, 7) is 3.31. The first-order valence-electron chi connectivity index (χ1n) is 9.34. The molecule has 2 fully saturated rings. The number of hydrogen-bond donors (Lipinski definition) is 1. The van der Waals surface area contributed by atoms with Crippen molar-refractivity contribution in [2.24, 2.45) is 10.9 Å². The molecular formula is C18H34N2S. The van der Waals surface area contributed by atoms with E-state index in [1.54, 1.807) is 0 Å². The summed E-state index contributed by atoms with van der Waals surface area (Å²) < 4.78 is 0. The lowest BCUT2D eigenvalue weighted by Gasteiger charge is -2.36. The Kier molecular flexibility index (Phi) is 8.61. The minimum absolute atomic E-state index is 0.734. The third-order valence-corrected chi connectivity index (χ3v) is 6.03. The second-order valence-electron chi connectivity index (χ2n) is 6.77. The van der Waals surface area contributed by atoms with Crippen LogP contribution in [-0.4, -0.2) is 23.5 Å². The fraction of sp³-hybridized carbons (Fsp3) is 0.944. The first kappa shape index (κ1) is 17.2. The van der Waals surface area contributed by atoms with Gasteiger partial charge in [-0.2, -0.15) is 0 Å². The van der Waals surface area contributed by atoms with E-state index in [4.69, 9.17) is 4.99 Å². The van der Waals surface area contributed by atoms with Gasteiger partial charge in [0.25, 0.3) is 0 Å². The first-order valence-corrected chi connectivity index (χ1v) is 10.3. The molecule has 0 aromatic rings. The highest BCUT2D eigenvalue weighted by molar-refractivity contribution is 8.13. The largest absolute Gasteiger partial charge is 0.362 e. The standard InChI is InChI=1S/C18H34N2S/c1-2-3-4-5-6-7-8-11-14-19-18-20-17-13-10-9-12-16(17)15-21-18/h16-17H,2-15H2,1H3,(H,19,20). The van der Waals surface area contributed by atoms with Crippen LogP contribution in [0, 0.1) is 5.92 Å². The topological polar surface area (TPSA) is 24.4 Å². The Morgan fingerprint density at radius 2 is 1.71 bits per heavy atom. The number of fused-ring (bicyclic) bond motifs is 1. The molecule has 1 aliphatic heterocycles. The number of unbranched alkanes of at least 4 members (excludes halogenated alkanes) is 7. The van der Waals surface area contributed by atoms with E-state index in [-0.39, 0.29) is 0 Å². The molecule has 2 nitrogen and oxygen atoms in total. The van der Waals surface area contributed by atoms with Crippen LogP contribution in [0.5, 0.6) is 0 Å². The van der Waals surface area contributed by atoms with Gasteiger partial charge in [0.1, 0.15) is 0 Å². The molecule has 2 aliphatic rings. The molecule has 1 heterocycles. The highest BCUT2D eigenvalue weighted by atomic mass is 32.2. The zero-order valence-electron chi connectivity index (χ0n) is 13.9. The van der Waals surface area contributed by atoms with Crippen molar-refractivity contribution in [1.82, 2.24) is 5.32 Å². The van der Waals surface area contributed by atoms with Gasteiger partial charge in [0.2, 0.25) is 0 Å². The predicted octanol–water partition coefficient (Wildman–Crippen LogP) is 5.38. The monoisotopic (exact) mass is 310 g/mol. The molecule has 122 valence electrons. The van der Waals surface area contributed by atoms with Crippen LogP contribution in [0.3, 0.4) is 0 Å². The average molecular weight is 311 g/mol. The van der Waals surface area contributed by atoms with E-state index in [9.17, 15) is 0 Å². The van der Waals surface area contributed by atoms with Crippen LogP contribution in [-0.2, 0) is 0 Å². The van der Waals surface area contributed by atoms with E-state index >= 15 is 0 Å². The van der Waals surface area contributed by atoms with Crippen molar-refractivity contribution in [3.05, 3.63) is 0 Å². The summed E-state index contributed by atoms with van der Waals surface area (Å²) in [5.74, 6) is 2.21. The third kappa shape index (κ3) is 6.63. The lowest BCUT2D eigenvalue weighted by atomic mass is 9.86. The van der Waals surface area contributed by atoms with E-state index < -0.39 is 0 Å². The summed E-state index contributed by atoms with van der Waals surface area (Å²) in [5, 5.41) is 4.93. The summed E-state index contributed by atoms with van der Waals surface area (Å²) in [6, 6.07) is 0.734. The van der Waals surface area contributed by atoms with E-state index in [1.165, 1.54) is 88.0 Å². The predicted molar refractivity (Wildman–Crippen MR) is 96.3 cm³/mol. The fourth-order valence-electron chi connectivity index (χ4n) is 3.50. The van der Waals surface area contributed by atoms with Crippen LogP contribution >= 0.6 is 11.8 Å². The molecule has 2 atom stereocenters. The van der Waals surface area contributed by atoms with Crippen molar-refractivity contribution < 1.29 is 0 Å². The van der Waals surface area contributed by atoms with E-state index in [0.717, 1.165) is 18.5 Å². The average Bonchev–Trinajstić information content (AvgIpc) is 2.53. The van der Waals surface area contributed by atoms with Crippen molar-refractivity contribution in [2.75, 3.05) is 12.3 Å². The summed E-state index contributed by atoms with van der Waals surface area (Å²) in [7, 11) is 0. The van der Waals surface area contributed by atoms with Gasteiger partial charge in [0, 0.05) is 18.3 Å². The quantitative estimate of drug-likeness (QED) is 0.578. The van der Waals surface area contributed by atoms with Crippen molar-refractivity contribution in [3.63, 3.8) is 0 Å². The summed E-state index contributed by atoms with van der Waals surface area (Å²) in [4.78, 5) is 4.79. The summed E-state index contributed by atoms with van der Waals surface area (Å²) >= 11 is 1.97. The molecule has 0 spiro atoms. The van der Waals surface area contributed by atoms with Crippen LogP contribution in [0.15, 0.2) is 4.99 Å². The van der Waals surface area contributed by atoms with Gasteiger partial charge in [0.05, 0.1) is 0 Å². The van der Waals surface area contributed by atoms with Crippen LogP contribution in [0.2, 0.25) is 0 Å². The van der Waals surface area contributed by atoms with E-state index in [1.807, 2.05) is 11.8 Å². The Morgan fingerprint density at radius 1 is 1.00 bits per heavy atom. The summed E-state index contributed by atoms with van der Waals surface area (Å²) in [6.07, 6.45) is 16.7. The lowest BCUT2D eigenvalue weighted by Crippen LogP contribution is -2.46. The highest BCUT2D eigenvalue weighted by Gasteiger charge is 2.29. The molecule has 1 saturated heterocycles. The lowest BCUT2D eigenvalue weighted by molar-refractivity contribution is 0.311. The fourth-order valence-corrected chi connectivity index (χ4v) is 4.69. The van der Waals surface area contributed by atoms with Crippen LogP contribution < -0.4 is 5.32 Å². The molecule has 0 aromatic carbocycles. The second-order valence-corrected chi connectivity index (χ2v) is 7.78. The molecule has 0 aromatic heterocycles. The van der Waals surface area contributed by atoms with Crippen molar-refractivity contribution in [3.8, 4) is 0 Å². The molecule has 2 unspecified atom stereocenters. The van der Waals surface area contributed by atoms with E-state index in [0.29, 0.717) is 0 Å². The van der Waals surface area contributed by atoms with Crippen molar-refractivity contribution in [1.29, 1.82) is 0 Å². The number of rotatable bonds is 9. The number of hydrogen-bond acceptors (Lipinski definition) is 2. The molecule has 3 heteroatoms. The smallest absolute Gasteiger partial charge is 0.156 e. The Morgan fingerprint density at radius 3 is 2.52 bits per heavy atom. The van der Waals surface area contributed by atoms with Gasteiger partial charge in [-0.3, -0.25) is 4.99 Å². The maximum atomic E-state index is 4.79. The molecule has 1 N–H and O–H groups in total.